The predicted octanol–water partition coefficient (Wildman–Crippen LogP) is 1.09. The molecule has 0 bridgehead atoms. The number of methoxy groups -OCH3 is 1. The van der Waals surface area contributed by atoms with Crippen molar-refractivity contribution in [3.8, 4) is 5.88 Å². The van der Waals surface area contributed by atoms with E-state index >= 15 is 0 Å². The Bertz CT molecular complexity index is 614. The molecule has 21 heavy (non-hydrogen) atoms. The predicted molar refractivity (Wildman–Crippen MR) is 75.4 cm³/mol. The Kier molecular flexibility index (Phi) is 3.72. The van der Waals surface area contributed by atoms with Gasteiger partial charge in [-0.2, -0.15) is 0 Å². The van der Waals surface area contributed by atoms with Crippen LogP contribution in [0.5, 0.6) is 5.88 Å². The van der Waals surface area contributed by atoms with Crippen molar-refractivity contribution in [1.82, 2.24) is 15.3 Å². The van der Waals surface area contributed by atoms with Gasteiger partial charge < -0.3 is 19.4 Å². The summed E-state index contributed by atoms with van der Waals surface area (Å²) in [4.78, 5) is 22.4. The van der Waals surface area contributed by atoms with Gasteiger partial charge in [-0.05, 0) is 18.6 Å². The number of hydrogen-bond acceptors (Lipinski definition) is 6. The number of hydrogen-bond donors (Lipinski definition) is 1. The van der Waals surface area contributed by atoms with Crippen molar-refractivity contribution in [2.45, 2.75) is 12.5 Å². The van der Waals surface area contributed by atoms with E-state index in [9.17, 15) is 4.79 Å². The topological polar surface area (TPSA) is 80.5 Å². The van der Waals surface area contributed by atoms with E-state index in [-0.39, 0.29) is 11.9 Å². The zero-order valence-corrected chi connectivity index (χ0v) is 11.7. The van der Waals surface area contributed by atoms with Gasteiger partial charge in [-0.25, -0.2) is 9.97 Å². The molecule has 0 aromatic carbocycles. The quantitative estimate of drug-likeness (QED) is 0.907. The Balaban J connectivity index is 1.64. The molecular weight excluding hydrogens is 272 g/mol. The van der Waals surface area contributed by atoms with E-state index in [1.54, 1.807) is 31.6 Å². The van der Waals surface area contributed by atoms with E-state index in [1.165, 1.54) is 6.26 Å². The third-order valence-electron chi connectivity index (χ3n) is 3.41. The molecule has 1 amide bonds. The number of nitrogens with one attached hydrogen (secondary N) is 1. The number of furan rings is 1. The largest absolute Gasteiger partial charge is 0.478 e. The Hall–Kier alpha value is -2.57. The molecule has 0 radical (unpaired) electrons. The molecule has 1 aliphatic rings. The van der Waals surface area contributed by atoms with E-state index in [0.717, 1.165) is 13.0 Å². The Morgan fingerprint density at radius 3 is 3.10 bits per heavy atom. The van der Waals surface area contributed by atoms with Crippen LogP contribution in [-0.4, -0.2) is 42.1 Å². The van der Waals surface area contributed by atoms with Crippen LogP contribution in [0, 0.1) is 0 Å². The van der Waals surface area contributed by atoms with Crippen molar-refractivity contribution < 1.29 is 13.9 Å². The molecular formula is C14H16N4O3. The zero-order chi connectivity index (χ0) is 14.7. The minimum atomic E-state index is -0.196. The van der Waals surface area contributed by atoms with Crippen LogP contribution in [0.4, 0.5) is 5.82 Å². The Morgan fingerprint density at radius 1 is 1.48 bits per heavy atom. The molecule has 1 saturated heterocycles. The second kappa shape index (κ2) is 5.82. The van der Waals surface area contributed by atoms with Crippen molar-refractivity contribution in [2.75, 3.05) is 25.1 Å². The van der Waals surface area contributed by atoms with Gasteiger partial charge >= 0.3 is 0 Å². The minimum Gasteiger partial charge on any atom is -0.478 e. The lowest BCUT2D eigenvalue weighted by molar-refractivity contribution is 0.0912. The average molecular weight is 288 g/mol. The number of ether oxygens (including phenoxy) is 1. The highest BCUT2D eigenvalue weighted by Gasteiger charge is 2.27. The fourth-order valence-electron chi connectivity index (χ4n) is 2.41. The van der Waals surface area contributed by atoms with Crippen molar-refractivity contribution in [1.29, 1.82) is 0 Å². The average Bonchev–Trinajstić information content (AvgIpc) is 3.18. The number of rotatable bonds is 4. The molecule has 0 spiro atoms. The summed E-state index contributed by atoms with van der Waals surface area (Å²) in [6.07, 6.45) is 5.55. The van der Waals surface area contributed by atoms with Crippen LogP contribution in [0.3, 0.4) is 0 Å². The van der Waals surface area contributed by atoms with Crippen LogP contribution in [0.2, 0.25) is 0 Å². The van der Waals surface area contributed by atoms with E-state index in [0.29, 0.717) is 24.0 Å². The zero-order valence-electron chi connectivity index (χ0n) is 11.7. The lowest BCUT2D eigenvalue weighted by atomic mass is 10.2. The van der Waals surface area contributed by atoms with Gasteiger partial charge in [0, 0.05) is 31.5 Å². The lowest BCUT2D eigenvalue weighted by Crippen LogP contribution is -2.37. The second-order valence-corrected chi connectivity index (χ2v) is 4.77. The molecule has 1 N–H and O–H groups in total. The normalized spacial score (nSPS) is 17.8. The number of amides is 1. The highest BCUT2D eigenvalue weighted by atomic mass is 16.5. The summed E-state index contributed by atoms with van der Waals surface area (Å²) in [5, 5.41) is 2.96. The van der Waals surface area contributed by atoms with Gasteiger partial charge in [-0.15, -0.1) is 0 Å². The smallest absolute Gasteiger partial charge is 0.287 e. The van der Waals surface area contributed by atoms with Gasteiger partial charge in [-0.1, -0.05) is 0 Å². The van der Waals surface area contributed by atoms with Crippen molar-refractivity contribution in [3.05, 3.63) is 36.5 Å². The molecule has 0 saturated carbocycles. The van der Waals surface area contributed by atoms with E-state index < -0.39 is 0 Å². The first-order chi connectivity index (χ1) is 10.3. The molecule has 3 rings (SSSR count). The number of carbonyl (C=O) groups is 1. The van der Waals surface area contributed by atoms with Gasteiger partial charge in [-0.3, -0.25) is 4.79 Å². The standard InChI is InChI=1S/C14H16N4O3/c1-20-14-12(15-5-6-16-14)18-7-4-10(9-18)17-13(19)11-3-2-8-21-11/h2-3,5-6,8,10H,4,7,9H2,1H3,(H,17,19). The van der Waals surface area contributed by atoms with Gasteiger partial charge in [0.15, 0.2) is 11.6 Å². The maximum Gasteiger partial charge on any atom is 0.287 e. The highest BCUT2D eigenvalue weighted by Crippen LogP contribution is 2.25. The van der Waals surface area contributed by atoms with Crippen molar-refractivity contribution in [3.63, 3.8) is 0 Å². The number of carbonyl (C=O) groups excluding carboxylic acids is 1. The van der Waals surface area contributed by atoms with Gasteiger partial charge in [0.25, 0.3) is 11.8 Å². The Labute approximate surface area is 121 Å². The summed E-state index contributed by atoms with van der Waals surface area (Å²) < 4.78 is 10.3. The fraction of sp³-hybridized carbons (Fsp3) is 0.357. The molecule has 1 aliphatic heterocycles. The van der Waals surface area contributed by atoms with Crippen LogP contribution in [0.15, 0.2) is 35.2 Å². The van der Waals surface area contributed by atoms with E-state index in [4.69, 9.17) is 9.15 Å². The van der Waals surface area contributed by atoms with Crippen LogP contribution in [0.25, 0.3) is 0 Å². The SMILES string of the molecule is COc1nccnc1N1CCC(NC(=O)c2ccco2)C1. The number of nitrogens with zero attached hydrogens (tertiary/aromatic N) is 3. The van der Waals surface area contributed by atoms with Crippen LogP contribution in [0.1, 0.15) is 17.0 Å². The molecule has 2 aromatic heterocycles. The number of anilines is 1. The monoisotopic (exact) mass is 288 g/mol. The first kappa shape index (κ1) is 13.4. The van der Waals surface area contributed by atoms with Crippen molar-refractivity contribution >= 4 is 11.7 Å². The Morgan fingerprint density at radius 2 is 2.33 bits per heavy atom. The molecule has 110 valence electrons. The maximum atomic E-state index is 12.0. The molecule has 0 aliphatic carbocycles. The van der Waals surface area contributed by atoms with Gasteiger partial charge in [0.2, 0.25) is 0 Å². The number of aromatic nitrogens is 2. The second-order valence-electron chi connectivity index (χ2n) is 4.77. The van der Waals surface area contributed by atoms with Crippen LogP contribution >= 0.6 is 0 Å². The van der Waals surface area contributed by atoms with Crippen molar-refractivity contribution in [2.24, 2.45) is 0 Å². The fourth-order valence-corrected chi connectivity index (χ4v) is 2.41. The van der Waals surface area contributed by atoms with Crippen LogP contribution in [-0.2, 0) is 0 Å². The first-order valence-electron chi connectivity index (χ1n) is 6.72. The van der Waals surface area contributed by atoms with E-state index in [1.807, 2.05) is 0 Å². The summed E-state index contributed by atoms with van der Waals surface area (Å²) in [5.41, 5.74) is 0. The van der Waals surface area contributed by atoms with Gasteiger partial charge in [0.05, 0.1) is 13.4 Å². The molecule has 2 aromatic rings. The summed E-state index contributed by atoms with van der Waals surface area (Å²) in [6.45, 7) is 1.46. The molecule has 3 heterocycles. The van der Waals surface area contributed by atoms with Crippen LogP contribution < -0.4 is 15.0 Å². The van der Waals surface area contributed by atoms with Gasteiger partial charge in [0.1, 0.15) is 0 Å². The molecule has 1 fully saturated rings. The molecule has 7 nitrogen and oxygen atoms in total. The summed E-state index contributed by atoms with van der Waals surface area (Å²) in [6, 6.07) is 3.39. The summed E-state index contributed by atoms with van der Waals surface area (Å²) in [5.74, 6) is 1.33. The maximum absolute atomic E-state index is 12.0. The minimum absolute atomic E-state index is 0.0503. The summed E-state index contributed by atoms with van der Waals surface area (Å²) >= 11 is 0. The van der Waals surface area contributed by atoms with E-state index in [2.05, 4.69) is 20.2 Å². The molecule has 1 atom stereocenters. The lowest BCUT2D eigenvalue weighted by Gasteiger charge is -2.19. The third kappa shape index (κ3) is 2.81. The highest BCUT2D eigenvalue weighted by molar-refractivity contribution is 5.91. The first-order valence-corrected chi connectivity index (χ1v) is 6.72. The molecule has 1 unspecified atom stereocenters. The summed E-state index contributed by atoms with van der Waals surface area (Å²) in [7, 11) is 1.57. The third-order valence-corrected chi connectivity index (χ3v) is 3.41. The molecule has 7 heteroatoms.